The van der Waals surface area contributed by atoms with E-state index in [0.29, 0.717) is 18.3 Å². The van der Waals surface area contributed by atoms with Crippen LogP contribution in [-0.4, -0.2) is 32.6 Å². The van der Waals surface area contributed by atoms with Crippen molar-refractivity contribution < 1.29 is 9.32 Å². The van der Waals surface area contributed by atoms with Crippen molar-refractivity contribution in [1.82, 2.24) is 19.7 Å². The highest BCUT2D eigenvalue weighted by atomic mass is 32.1. The third kappa shape index (κ3) is 4.45. The minimum absolute atomic E-state index is 0.0272. The number of aromatic amines is 1. The zero-order valence-electron chi connectivity index (χ0n) is 16.2. The van der Waals surface area contributed by atoms with Crippen LogP contribution in [0.15, 0.2) is 30.9 Å². The highest BCUT2D eigenvalue weighted by Crippen LogP contribution is 2.20. The number of anilines is 2. The summed E-state index contributed by atoms with van der Waals surface area (Å²) in [6, 6.07) is 1.88. The van der Waals surface area contributed by atoms with Gasteiger partial charge in [0.05, 0.1) is 0 Å². The van der Waals surface area contributed by atoms with Crippen molar-refractivity contribution in [3.63, 3.8) is 0 Å². The average Bonchev–Trinajstić information content (AvgIpc) is 3.37. The van der Waals surface area contributed by atoms with Crippen molar-refractivity contribution >= 4 is 28.7 Å². The molecule has 0 aliphatic rings. The number of unbranched alkanes of at least 4 members (excludes halogenated alkanes) is 1. The largest absolute Gasteiger partial charge is 0.383 e. The fraction of sp³-hybridized carbons (Fsp3) is 0.389. The molecule has 29 heavy (non-hydrogen) atoms. The van der Waals surface area contributed by atoms with Gasteiger partial charge in [0.15, 0.2) is 5.69 Å². The van der Waals surface area contributed by atoms with Crippen LogP contribution in [0.25, 0.3) is 11.4 Å². The molecular weight excluding hydrogens is 396 g/mol. The van der Waals surface area contributed by atoms with Gasteiger partial charge in [-0.1, -0.05) is 18.5 Å². The number of hydrogen-bond donors (Lipinski definition) is 2. The third-order valence-electron chi connectivity index (χ3n) is 4.46. The molecule has 0 bridgehead atoms. The van der Waals surface area contributed by atoms with E-state index < -0.39 is 11.2 Å². The van der Waals surface area contributed by atoms with E-state index in [9.17, 15) is 14.4 Å². The second kappa shape index (κ2) is 8.86. The predicted octanol–water partition coefficient (Wildman–Crippen LogP) is 1.63. The number of nitrogens with two attached hydrogens (primary N) is 1. The van der Waals surface area contributed by atoms with Crippen LogP contribution in [0.2, 0.25) is 0 Å². The molecule has 1 amide bonds. The average molecular weight is 418 g/mol. The van der Waals surface area contributed by atoms with Crippen molar-refractivity contribution in [1.29, 1.82) is 0 Å². The summed E-state index contributed by atoms with van der Waals surface area (Å²) in [7, 11) is 1.45. The molecule has 3 aromatic rings. The summed E-state index contributed by atoms with van der Waals surface area (Å²) in [6.07, 6.45) is 1.83. The Kier molecular flexibility index (Phi) is 6.27. The number of nitrogens with one attached hydrogen (secondary N) is 1. The number of H-pyrrole nitrogens is 1. The van der Waals surface area contributed by atoms with Crippen molar-refractivity contribution in [3.05, 3.63) is 43.6 Å². The normalized spacial score (nSPS) is 11.0. The molecule has 3 aromatic heterocycles. The molecule has 3 heterocycles. The monoisotopic (exact) mass is 418 g/mol. The first-order chi connectivity index (χ1) is 13.9. The van der Waals surface area contributed by atoms with Gasteiger partial charge in [-0.2, -0.15) is 16.3 Å². The quantitative estimate of drug-likeness (QED) is 0.566. The zero-order valence-corrected chi connectivity index (χ0v) is 17.0. The minimum atomic E-state index is -0.700. The SMILES string of the molecule is CCCCn1c(N)c(N(C)C(=O)CCc2nc(-c3ccsc3)no2)c(=O)[nH]c1=O. The molecule has 0 unspecified atom stereocenters. The van der Waals surface area contributed by atoms with E-state index in [2.05, 4.69) is 15.1 Å². The Hall–Kier alpha value is -3.21. The molecule has 0 radical (unpaired) electrons. The van der Waals surface area contributed by atoms with Crippen molar-refractivity contribution in [2.75, 3.05) is 17.7 Å². The van der Waals surface area contributed by atoms with Gasteiger partial charge in [-0.05, 0) is 17.9 Å². The summed E-state index contributed by atoms with van der Waals surface area (Å²) in [5, 5.41) is 7.71. The molecule has 0 aliphatic heterocycles. The molecule has 0 spiro atoms. The van der Waals surface area contributed by atoms with E-state index in [1.165, 1.54) is 23.0 Å². The number of aromatic nitrogens is 4. The molecule has 154 valence electrons. The van der Waals surface area contributed by atoms with E-state index in [0.717, 1.165) is 23.3 Å². The molecule has 0 aromatic carbocycles. The van der Waals surface area contributed by atoms with Crippen LogP contribution in [0, 0.1) is 0 Å². The number of rotatable bonds is 8. The van der Waals surface area contributed by atoms with Gasteiger partial charge in [-0.15, -0.1) is 0 Å². The molecule has 0 saturated heterocycles. The molecular formula is C18H22N6O4S. The first kappa shape index (κ1) is 20.5. The lowest BCUT2D eigenvalue weighted by molar-refractivity contribution is -0.118. The summed E-state index contributed by atoms with van der Waals surface area (Å²) in [5.74, 6) is 0.396. The summed E-state index contributed by atoms with van der Waals surface area (Å²) in [6.45, 7) is 2.34. The Balaban J connectivity index is 1.73. The van der Waals surface area contributed by atoms with E-state index in [4.69, 9.17) is 10.3 Å². The molecule has 0 saturated carbocycles. The van der Waals surface area contributed by atoms with Gasteiger partial charge >= 0.3 is 5.69 Å². The smallest absolute Gasteiger partial charge is 0.330 e. The molecule has 0 atom stereocenters. The van der Waals surface area contributed by atoms with Gasteiger partial charge in [0.25, 0.3) is 5.56 Å². The lowest BCUT2D eigenvalue weighted by Gasteiger charge is -2.20. The highest BCUT2D eigenvalue weighted by Gasteiger charge is 2.21. The van der Waals surface area contributed by atoms with Gasteiger partial charge in [0.1, 0.15) is 5.82 Å². The van der Waals surface area contributed by atoms with Crippen molar-refractivity contribution in [2.45, 2.75) is 39.2 Å². The lowest BCUT2D eigenvalue weighted by Crippen LogP contribution is -2.39. The fourth-order valence-corrected chi connectivity index (χ4v) is 3.45. The number of thiophene rings is 1. The minimum Gasteiger partial charge on any atom is -0.383 e. The van der Waals surface area contributed by atoms with Gasteiger partial charge in [0.2, 0.25) is 17.6 Å². The van der Waals surface area contributed by atoms with Crippen molar-refractivity contribution in [3.8, 4) is 11.4 Å². The van der Waals surface area contributed by atoms with Gasteiger partial charge < -0.3 is 15.2 Å². The lowest BCUT2D eigenvalue weighted by atomic mass is 10.2. The molecule has 3 rings (SSSR count). The van der Waals surface area contributed by atoms with E-state index in [-0.39, 0.29) is 30.3 Å². The molecule has 0 fully saturated rings. The van der Waals surface area contributed by atoms with Crippen LogP contribution in [0.5, 0.6) is 0 Å². The van der Waals surface area contributed by atoms with Crippen LogP contribution < -0.4 is 21.9 Å². The Morgan fingerprint density at radius 2 is 2.21 bits per heavy atom. The predicted molar refractivity (Wildman–Crippen MR) is 110 cm³/mol. The first-order valence-electron chi connectivity index (χ1n) is 9.16. The van der Waals surface area contributed by atoms with Crippen molar-refractivity contribution in [2.24, 2.45) is 0 Å². The number of nitrogens with zero attached hydrogens (tertiary/aromatic N) is 4. The summed E-state index contributed by atoms with van der Waals surface area (Å²) in [4.78, 5) is 44.5. The van der Waals surface area contributed by atoms with E-state index in [1.54, 1.807) is 0 Å². The van der Waals surface area contributed by atoms with E-state index in [1.807, 2.05) is 23.8 Å². The Morgan fingerprint density at radius 3 is 2.90 bits per heavy atom. The fourth-order valence-electron chi connectivity index (χ4n) is 2.81. The third-order valence-corrected chi connectivity index (χ3v) is 5.14. The Morgan fingerprint density at radius 1 is 1.41 bits per heavy atom. The Bertz CT molecular complexity index is 1100. The van der Waals surface area contributed by atoms with Gasteiger partial charge in [0, 0.05) is 37.4 Å². The van der Waals surface area contributed by atoms with Crippen LogP contribution in [0.4, 0.5) is 11.5 Å². The Labute approximate surface area is 170 Å². The maximum Gasteiger partial charge on any atom is 0.330 e. The number of aryl methyl sites for hydroxylation is 1. The summed E-state index contributed by atoms with van der Waals surface area (Å²) in [5.41, 5.74) is 5.56. The van der Waals surface area contributed by atoms with Gasteiger partial charge in [-0.3, -0.25) is 19.1 Å². The first-order valence-corrected chi connectivity index (χ1v) is 10.1. The van der Waals surface area contributed by atoms with E-state index >= 15 is 0 Å². The standard InChI is InChI=1S/C18H22N6O4S/c1-3-4-8-24-15(19)14(17(26)21-18(24)27)23(2)13(25)6-5-12-20-16(22-28-12)11-7-9-29-10-11/h7,9-10H,3-6,8,19H2,1-2H3,(H,21,26,27). The van der Waals surface area contributed by atoms with Crippen LogP contribution in [0.1, 0.15) is 32.1 Å². The topological polar surface area (TPSA) is 140 Å². The highest BCUT2D eigenvalue weighted by molar-refractivity contribution is 7.08. The maximum absolute atomic E-state index is 12.6. The second-order valence-corrected chi connectivity index (χ2v) is 7.25. The number of amides is 1. The van der Waals surface area contributed by atoms with Crippen LogP contribution in [0.3, 0.4) is 0 Å². The number of hydrogen-bond acceptors (Lipinski definition) is 8. The molecule has 0 aliphatic carbocycles. The number of carbonyl (C=O) groups is 1. The van der Waals surface area contributed by atoms with Crippen LogP contribution >= 0.6 is 11.3 Å². The molecule has 10 nitrogen and oxygen atoms in total. The summed E-state index contributed by atoms with van der Waals surface area (Å²) >= 11 is 1.52. The number of carbonyl (C=O) groups excluding carboxylic acids is 1. The van der Waals surface area contributed by atoms with Crippen LogP contribution in [-0.2, 0) is 17.8 Å². The second-order valence-electron chi connectivity index (χ2n) is 6.47. The maximum atomic E-state index is 12.6. The summed E-state index contributed by atoms with van der Waals surface area (Å²) < 4.78 is 6.46. The zero-order chi connectivity index (χ0) is 21.0. The van der Waals surface area contributed by atoms with Gasteiger partial charge in [-0.25, -0.2) is 4.79 Å². The molecule has 11 heteroatoms. The number of nitrogen functional groups attached to an aromatic ring is 1. The molecule has 3 N–H and O–H groups in total.